The minimum Gasteiger partial charge on any atom is -0.368 e. The van der Waals surface area contributed by atoms with Crippen LogP contribution in [0.3, 0.4) is 0 Å². The molecular weight excluding hydrogens is 708 g/mol. The van der Waals surface area contributed by atoms with E-state index in [1.807, 2.05) is 18.2 Å². The van der Waals surface area contributed by atoms with Gasteiger partial charge in [-0.15, -0.1) is 0 Å². The fourth-order valence-electron chi connectivity index (χ4n) is 6.73. The molecule has 2 heterocycles. The first-order chi connectivity index (χ1) is 23.1. The van der Waals surface area contributed by atoms with Crippen LogP contribution in [-0.2, 0) is 9.59 Å². The molecule has 7 nitrogen and oxygen atoms in total. The highest BCUT2D eigenvalue weighted by atomic mass is 35.5. The first-order valence-electron chi connectivity index (χ1n) is 14.6. The first kappa shape index (κ1) is 32.2. The summed E-state index contributed by atoms with van der Waals surface area (Å²) < 4.78 is 0. The van der Waals surface area contributed by atoms with E-state index in [9.17, 15) is 9.59 Å². The van der Waals surface area contributed by atoms with Crippen molar-refractivity contribution < 1.29 is 9.59 Å². The SMILES string of the molecule is Nc1nc2c(c(-c3ccc(Cl)cc3)n1)C(c1ccc(Cl)cc1)C1(C(=O)NC(=S)NC1=O)C(c1ccc(Cl)cc1)/C2=C/c1ccc(Cl)cc1. The molecule has 12 heteroatoms. The lowest BCUT2D eigenvalue weighted by molar-refractivity contribution is -0.145. The fourth-order valence-corrected chi connectivity index (χ4v) is 7.42. The van der Waals surface area contributed by atoms with Crippen molar-refractivity contribution in [2.45, 2.75) is 11.8 Å². The largest absolute Gasteiger partial charge is 0.368 e. The second-order valence-corrected chi connectivity index (χ2v) is 13.6. The van der Waals surface area contributed by atoms with E-state index in [0.29, 0.717) is 59.3 Å². The summed E-state index contributed by atoms with van der Waals surface area (Å²) in [7, 11) is 0. The molecule has 2 atom stereocenters. The van der Waals surface area contributed by atoms with E-state index in [-0.39, 0.29) is 11.1 Å². The second-order valence-electron chi connectivity index (χ2n) is 11.4. The zero-order valence-electron chi connectivity index (χ0n) is 24.7. The van der Waals surface area contributed by atoms with Crippen molar-refractivity contribution >= 4 is 93.1 Å². The number of carbonyl (C=O) groups is 2. The van der Waals surface area contributed by atoms with Gasteiger partial charge in [-0.2, -0.15) is 0 Å². The molecule has 1 fully saturated rings. The number of amides is 2. The summed E-state index contributed by atoms with van der Waals surface area (Å²) in [6, 6.07) is 28.3. The molecule has 1 aromatic heterocycles. The number of carbonyl (C=O) groups excluding carboxylic acids is 2. The Morgan fingerprint density at radius 2 is 1.08 bits per heavy atom. The average molecular weight is 731 g/mol. The molecule has 1 aliphatic carbocycles. The maximum Gasteiger partial charge on any atom is 0.243 e. The highest BCUT2D eigenvalue weighted by Gasteiger charge is 2.65. The van der Waals surface area contributed by atoms with Gasteiger partial charge in [0.05, 0.1) is 11.4 Å². The summed E-state index contributed by atoms with van der Waals surface area (Å²) in [5.41, 5.74) is 9.19. The third-order valence-electron chi connectivity index (χ3n) is 8.67. The Hall–Kier alpha value is -4.31. The number of halogens is 4. The standard InChI is InChI=1S/C36H23Cl4N5O2S/c37-22-9-1-18(2-10-22)17-26-28(19-3-11-23(38)12-4-19)36(32(46)44-35(48)45-33(36)47)29(20-5-13-24(39)14-6-20)27-30(42-34(41)43-31(26)27)21-7-15-25(40)16-8-21/h1-17,28-29H,(H2,41,42,43)(H2,44,45,46,47,48)/b26-17-. The molecule has 1 spiro atoms. The number of aromatic nitrogens is 2. The minimum atomic E-state index is -1.88. The molecule has 2 aliphatic rings. The van der Waals surface area contributed by atoms with E-state index < -0.39 is 29.1 Å². The van der Waals surface area contributed by atoms with Gasteiger partial charge in [-0.05, 0) is 89.1 Å². The number of fused-ring (bicyclic) bond motifs is 1. The van der Waals surface area contributed by atoms with Crippen LogP contribution < -0.4 is 16.4 Å². The third kappa shape index (κ3) is 5.53. The molecule has 0 bridgehead atoms. The number of nitrogen functional groups attached to an aromatic ring is 1. The zero-order valence-corrected chi connectivity index (χ0v) is 28.5. The van der Waals surface area contributed by atoms with Crippen LogP contribution in [-0.4, -0.2) is 26.9 Å². The number of hydrogen-bond acceptors (Lipinski definition) is 6. The fraction of sp³-hybridized carbons (Fsp3) is 0.0833. The lowest BCUT2D eigenvalue weighted by Gasteiger charge is -2.50. The average Bonchev–Trinajstić information content (AvgIpc) is 3.06. The van der Waals surface area contributed by atoms with Crippen molar-refractivity contribution in [3.8, 4) is 11.3 Å². The first-order valence-corrected chi connectivity index (χ1v) is 16.6. The van der Waals surface area contributed by atoms with E-state index in [0.717, 1.165) is 5.56 Å². The van der Waals surface area contributed by atoms with Crippen LogP contribution in [0.15, 0.2) is 97.1 Å². The quantitative estimate of drug-likeness (QED) is 0.127. The van der Waals surface area contributed by atoms with E-state index in [2.05, 4.69) is 10.6 Å². The molecule has 48 heavy (non-hydrogen) atoms. The molecule has 2 unspecified atom stereocenters. The van der Waals surface area contributed by atoms with Crippen molar-refractivity contribution in [2.75, 3.05) is 5.73 Å². The number of benzene rings is 4. The number of anilines is 1. The Labute approximate surface area is 301 Å². The molecule has 4 aromatic carbocycles. The normalized spacial score (nSPS) is 19.2. The van der Waals surface area contributed by atoms with Gasteiger partial charge in [0.1, 0.15) is 0 Å². The Morgan fingerprint density at radius 3 is 1.60 bits per heavy atom. The van der Waals surface area contributed by atoms with Crippen molar-refractivity contribution in [1.82, 2.24) is 20.6 Å². The van der Waals surface area contributed by atoms with Gasteiger partial charge >= 0.3 is 0 Å². The Bertz CT molecular complexity index is 2120. The van der Waals surface area contributed by atoms with Gasteiger partial charge in [-0.25, -0.2) is 9.97 Å². The molecule has 238 valence electrons. The zero-order chi connectivity index (χ0) is 33.7. The van der Waals surface area contributed by atoms with E-state index in [1.54, 1.807) is 84.9 Å². The topological polar surface area (TPSA) is 110 Å². The van der Waals surface area contributed by atoms with Crippen LogP contribution in [0.5, 0.6) is 0 Å². The van der Waals surface area contributed by atoms with Gasteiger partial charge in [-0.1, -0.05) is 94.9 Å². The Morgan fingerprint density at radius 1 is 0.646 bits per heavy atom. The number of thiocarbonyl (C=S) groups is 1. The molecule has 5 aromatic rings. The van der Waals surface area contributed by atoms with Gasteiger partial charge in [0.2, 0.25) is 17.8 Å². The summed E-state index contributed by atoms with van der Waals surface area (Å²) in [5.74, 6) is -3.10. The van der Waals surface area contributed by atoms with Crippen molar-refractivity contribution in [2.24, 2.45) is 5.41 Å². The summed E-state index contributed by atoms with van der Waals surface area (Å²) in [6.45, 7) is 0. The Kier molecular flexibility index (Phi) is 8.48. The molecule has 7 rings (SSSR count). The number of nitrogens with zero attached hydrogens (tertiary/aromatic N) is 2. The van der Waals surface area contributed by atoms with E-state index >= 15 is 0 Å². The van der Waals surface area contributed by atoms with Crippen LogP contribution in [0, 0.1) is 5.41 Å². The van der Waals surface area contributed by atoms with E-state index in [1.165, 1.54) is 0 Å². The van der Waals surface area contributed by atoms with E-state index in [4.69, 9.17) is 74.3 Å². The van der Waals surface area contributed by atoms with Gasteiger partial charge in [0.15, 0.2) is 10.5 Å². The number of hydrogen-bond donors (Lipinski definition) is 3. The van der Waals surface area contributed by atoms with Gasteiger partial charge in [0, 0.05) is 43.1 Å². The van der Waals surface area contributed by atoms with Crippen LogP contribution in [0.2, 0.25) is 20.1 Å². The van der Waals surface area contributed by atoms with Crippen LogP contribution in [0.4, 0.5) is 5.95 Å². The number of nitrogens with one attached hydrogen (secondary N) is 2. The maximum absolute atomic E-state index is 14.9. The highest BCUT2D eigenvalue weighted by molar-refractivity contribution is 7.80. The molecule has 2 amide bonds. The van der Waals surface area contributed by atoms with Crippen LogP contribution in [0.25, 0.3) is 22.9 Å². The van der Waals surface area contributed by atoms with Gasteiger partial charge in [-0.3, -0.25) is 9.59 Å². The second kappa shape index (κ2) is 12.6. The van der Waals surface area contributed by atoms with Crippen molar-refractivity contribution in [1.29, 1.82) is 0 Å². The molecular formula is C36H23Cl4N5O2S. The summed E-state index contributed by atoms with van der Waals surface area (Å²) in [5, 5.41) is 7.48. The third-order valence-corrected chi connectivity index (χ3v) is 9.88. The van der Waals surface area contributed by atoms with Gasteiger partial charge in [0.25, 0.3) is 0 Å². The summed E-state index contributed by atoms with van der Waals surface area (Å²) in [4.78, 5) is 39.3. The van der Waals surface area contributed by atoms with Crippen molar-refractivity contribution in [3.63, 3.8) is 0 Å². The molecule has 1 saturated heterocycles. The lowest BCUT2D eigenvalue weighted by Crippen LogP contribution is -2.67. The number of rotatable bonds is 4. The molecule has 4 N–H and O–H groups in total. The summed E-state index contributed by atoms with van der Waals surface area (Å²) in [6.07, 6.45) is 1.89. The smallest absolute Gasteiger partial charge is 0.243 e. The predicted molar refractivity (Wildman–Crippen MR) is 195 cm³/mol. The lowest BCUT2D eigenvalue weighted by atomic mass is 9.52. The molecule has 0 radical (unpaired) electrons. The van der Waals surface area contributed by atoms with Crippen molar-refractivity contribution in [3.05, 3.63) is 145 Å². The highest BCUT2D eigenvalue weighted by Crippen LogP contribution is 2.62. The van der Waals surface area contributed by atoms with Crippen LogP contribution in [0.1, 0.15) is 39.8 Å². The Balaban J connectivity index is 1.69. The maximum atomic E-state index is 14.9. The van der Waals surface area contributed by atoms with Gasteiger partial charge < -0.3 is 16.4 Å². The number of allylic oxidation sites excluding steroid dienone is 1. The van der Waals surface area contributed by atoms with Crippen LogP contribution >= 0.6 is 58.6 Å². The number of nitrogens with two attached hydrogens (primary N) is 1. The summed E-state index contributed by atoms with van der Waals surface area (Å²) >= 11 is 30.6. The predicted octanol–water partition coefficient (Wildman–Crippen LogP) is 8.33. The molecule has 0 saturated carbocycles. The monoisotopic (exact) mass is 729 g/mol. The molecule has 1 aliphatic heterocycles. The minimum absolute atomic E-state index is 0.0000865.